The van der Waals surface area contributed by atoms with Gasteiger partial charge in [0.15, 0.2) is 0 Å². The third kappa shape index (κ3) is 1.69. The summed E-state index contributed by atoms with van der Waals surface area (Å²) in [7, 11) is 0. The average Bonchev–Trinajstić information content (AvgIpc) is 2.13. The van der Waals surface area contributed by atoms with E-state index in [2.05, 4.69) is 10.3 Å². The van der Waals surface area contributed by atoms with Crippen LogP contribution < -0.4 is 5.32 Å². The minimum atomic E-state index is -0.718. The molecule has 2 rings (SSSR count). The fraction of sp³-hybridized carbons (Fsp3) is 0.400. The van der Waals surface area contributed by atoms with Gasteiger partial charge in [0.2, 0.25) is 0 Å². The average molecular weight is 192 g/mol. The van der Waals surface area contributed by atoms with Crippen LogP contribution in [0.1, 0.15) is 12.8 Å². The van der Waals surface area contributed by atoms with E-state index in [1.165, 1.54) is 0 Å². The third-order valence-corrected chi connectivity index (χ3v) is 2.59. The molecule has 0 spiro atoms. The quantitative estimate of drug-likeness (QED) is 0.759. The lowest BCUT2D eigenvalue weighted by Crippen LogP contribution is -2.43. The zero-order chi connectivity index (χ0) is 9.97. The highest BCUT2D eigenvalue weighted by Crippen LogP contribution is 2.29. The molecule has 0 bridgehead atoms. The van der Waals surface area contributed by atoms with E-state index in [1.54, 1.807) is 6.20 Å². The molecule has 1 aliphatic rings. The van der Waals surface area contributed by atoms with Gasteiger partial charge in [0, 0.05) is 12.2 Å². The summed E-state index contributed by atoms with van der Waals surface area (Å²) in [5.74, 6) is -0.217. The van der Waals surface area contributed by atoms with Crippen LogP contribution in [0.15, 0.2) is 24.4 Å². The van der Waals surface area contributed by atoms with Crippen LogP contribution in [-0.4, -0.2) is 22.1 Å². The Balaban J connectivity index is 1.96. The molecule has 1 unspecified atom stereocenters. The molecule has 1 heterocycles. The molecule has 0 amide bonds. The van der Waals surface area contributed by atoms with Crippen molar-refractivity contribution < 1.29 is 9.90 Å². The predicted molar refractivity (Wildman–Crippen MR) is 52.0 cm³/mol. The third-order valence-electron chi connectivity index (χ3n) is 2.59. The van der Waals surface area contributed by atoms with Crippen LogP contribution in [-0.2, 0) is 4.79 Å². The molecule has 4 nitrogen and oxygen atoms in total. The van der Waals surface area contributed by atoms with Gasteiger partial charge >= 0.3 is 5.97 Å². The van der Waals surface area contributed by atoms with Crippen LogP contribution >= 0.6 is 0 Å². The summed E-state index contributed by atoms with van der Waals surface area (Å²) < 4.78 is 0. The summed E-state index contributed by atoms with van der Waals surface area (Å²) in [5.41, 5.74) is 0. The van der Waals surface area contributed by atoms with E-state index in [1.807, 2.05) is 18.2 Å². The van der Waals surface area contributed by atoms with Gasteiger partial charge in [-0.2, -0.15) is 0 Å². The number of pyridine rings is 1. The maximum atomic E-state index is 10.7. The van der Waals surface area contributed by atoms with E-state index >= 15 is 0 Å². The Labute approximate surface area is 82.0 Å². The van der Waals surface area contributed by atoms with Crippen LogP contribution in [0.2, 0.25) is 0 Å². The van der Waals surface area contributed by atoms with Gasteiger partial charge in [-0.1, -0.05) is 6.07 Å². The lowest BCUT2D eigenvalue weighted by molar-refractivity contribution is -0.144. The number of anilines is 1. The number of carbonyl (C=O) groups is 1. The van der Waals surface area contributed by atoms with E-state index in [0.29, 0.717) is 0 Å². The highest BCUT2D eigenvalue weighted by molar-refractivity contribution is 5.72. The van der Waals surface area contributed by atoms with E-state index in [-0.39, 0.29) is 12.0 Å². The van der Waals surface area contributed by atoms with Gasteiger partial charge in [0.05, 0.1) is 5.92 Å². The molecule has 1 aromatic rings. The van der Waals surface area contributed by atoms with Crippen molar-refractivity contribution >= 4 is 11.8 Å². The first kappa shape index (κ1) is 8.99. The van der Waals surface area contributed by atoms with Crippen LogP contribution in [0.5, 0.6) is 0 Å². The Morgan fingerprint density at radius 2 is 2.36 bits per heavy atom. The second-order valence-corrected chi connectivity index (χ2v) is 3.49. The molecule has 1 aliphatic carbocycles. The highest BCUT2D eigenvalue weighted by Gasteiger charge is 2.36. The molecule has 0 radical (unpaired) electrons. The maximum absolute atomic E-state index is 10.7. The molecule has 0 saturated heterocycles. The molecule has 14 heavy (non-hydrogen) atoms. The summed E-state index contributed by atoms with van der Waals surface area (Å²) in [4.78, 5) is 14.8. The second kappa shape index (κ2) is 3.65. The summed E-state index contributed by atoms with van der Waals surface area (Å²) in [6, 6.07) is 5.60. The van der Waals surface area contributed by atoms with Crippen molar-refractivity contribution in [3.05, 3.63) is 24.4 Å². The van der Waals surface area contributed by atoms with E-state index in [4.69, 9.17) is 5.11 Å². The molecule has 1 aromatic heterocycles. The highest BCUT2D eigenvalue weighted by atomic mass is 16.4. The molecule has 2 atom stereocenters. The van der Waals surface area contributed by atoms with Crippen molar-refractivity contribution in [1.29, 1.82) is 0 Å². The summed E-state index contributed by atoms with van der Waals surface area (Å²) in [5, 5.41) is 11.9. The lowest BCUT2D eigenvalue weighted by atomic mass is 9.79. The first-order valence-electron chi connectivity index (χ1n) is 4.68. The van der Waals surface area contributed by atoms with Crippen LogP contribution in [0.3, 0.4) is 0 Å². The summed E-state index contributed by atoms with van der Waals surface area (Å²) in [6.07, 6.45) is 3.37. The Bertz CT molecular complexity index is 326. The number of carboxylic acid groups (broad SMARTS) is 1. The number of aromatic nitrogens is 1. The SMILES string of the molecule is O=C(O)[C@@H]1CCC1Nc1ccccn1. The Hall–Kier alpha value is -1.58. The van der Waals surface area contributed by atoms with Gasteiger partial charge in [-0.05, 0) is 25.0 Å². The molecular weight excluding hydrogens is 180 g/mol. The molecule has 4 heteroatoms. The topological polar surface area (TPSA) is 62.2 Å². The summed E-state index contributed by atoms with van der Waals surface area (Å²) >= 11 is 0. The van der Waals surface area contributed by atoms with Gasteiger partial charge in [0.1, 0.15) is 5.82 Å². The number of aliphatic carboxylic acids is 1. The molecule has 1 saturated carbocycles. The Morgan fingerprint density at radius 3 is 2.86 bits per heavy atom. The number of hydrogen-bond donors (Lipinski definition) is 2. The first-order valence-corrected chi connectivity index (χ1v) is 4.68. The molecule has 74 valence electrons. The van der Waals surface area contributed by atoms with Crippen molar-refractivity contribution in [3.8, 4) is 0 Å². The Kier molecular flexibility index (Phi) is 2.35. The minimum absolute atomic E-state index is 0.0439. The Morgan fingerprint density at radius 1 is 1.50 bits per heavy atom. The molecule has 2 N–H and O–H groups in total. The largest absolute Gasteiger partial charge is 0.481 e. The van der Waals surface area contributed by atoms with Gasteiger partial charge in [0.25, 0.3) is 0 Å². The number of nitrogens with zero attached hydrogens (tertiary/aromatic N) is 1. The van der Waals surface area contributed by atoms with Crippen LogP contribution in [0.25, 0.3) is 0 Å². The van der Waals surface area contributed by atoms with E-state index < -0.39 is 5.97 Å². The van der Waals surface area contributed by atoms with Gasteiger partial charge in [-0.15, -0.1) is 0 Å². The maximum Gasteiger partial charge on any atom is 0.308 e. The van der Waals surface area contributed by atoms with Crippen molar-refractivity contribution in [3.63, 3.8) is 0 Å². The molecule has 0 aliphatic heterocycles. The van der Waals surface area contributed by atoms with Crippen molar-refractivity contribution in [2.75, 3.05) is 5.32 Å². The second-order valence-electron chi connectivity index (χ2n) is 3.49. The van der Waals surface area contributed by atoms with E-state index in [0.717, 1.165) is 18.7 Å². The first-order chi connectivity index (χ1) is 6.77. The van der Waals surface area contributed by atoms with Crippen LogP contribution in [0.4, 0.5) is 5.82 Å². The molecule has 1 fully saturated rings. The zero-order valence-corrected chi connectivity index (χ0v) is 7.68. The monoisotopic (exact) mass is 192 g/mol. The van der Waals surface area contributed by atoms with Gasteiger partial charge in [-0.25, -0.2) is 4.98 Å². The summed E-state index contributed by atoms with van der Waals surface area (Å²) in [6.45, 7) is 0. The smallest absolute Gasteiger partial charge is 0.308 e. The number of nitrogens with one attached hydrogen (secondary N) is 1. The number of hydrogen-bond acceptors (Lipinski definition) is 3. The number of carboxylic acids is 1. The molecule has 0 aromatic carbocycles. The van der Waals surface area contributed by atoms with Crippen molar-refractivity contribution in [1.82, 2.24) is 4.98 Å². The minimum Gasteiger partial charge on any atom is -0.481 e. The zero-order valence-electron chi connectivity index (χ0n) is 7.68. The van der Waals surface area contributed by atoms with Gasteiger partial charge < -0.3 is 10.4 Å². The normalized spacial score (nSPS) is 25.1. The van der Waals surface area contributed by atoms with E-state index in [9.17, 15) is 4.79 Å². The fourth-order valence-electron chi connectivity index (χ4n) is 1.61. The van der Waals surface area contributed by atoms with Crippen LogP contribution in [0, 0.1) is 5.92 Å². The van der Waals surface area contributed by atoms with Crippen molar-refractivity contribution in [2.45, 2.75) is 18.9 Å². The van der Waals surface area contributed by atoms with Gasteiger partial charge in [-0.3, -0.25) is 4.79 Å². The number of rotatable bonds is 3. The fourth-order valence-corrected chi connectivity index (χ4v) is 1.61. The standard InChI is InChI=1S/C10H12N2O2/c13-10(14)7-4-5-8(7)12-9-3-1-2-6-11-9/h1-3,6-8H,4-5H2,(H,11,12)(H,13,14)/t7-,8?/m1/s1. The lowest BCUT2D eigenvalue weighted by Gasteiger charge is -2.34. The van der Waals surface area contributed by atoms with Crippen molar-refractivity contribution in [2.24, 2.45) is 5.92 Å². The predicted octanol–water partition coefficient (Wildman–Crippen LogP) is 1.36. The molecular formula is C10H12N2O2.